The van der Waals surface area contributed by atoms with Crippen molar-refractivity contribution in [2.24, 2.45) is 0 Å². The molecule has 0 saturated heterocycles. The van der Waals surface area contributed by atoms with Crippen molar-refractivity contribution in [2.75, 3.05) is 0 Å². The predicted octanol–water partition coefficient (Wildman–Crippen LogP) is 1.11. The fourth-order valence-corrected chi connectivity index (χ4v) is 0.923. The lowest BCUT2D eigenvalue weighted by Crippen LogP contribution is -2.51. The first-order valence-corrected chi connectivity index (χ1v) is 4.68. The molecule has 86 valence electrons. The summed E-state index contributed by atoms with van der Waals surface area (Å²) in [5.41, 5.74) is -0.388. The van der Waals surface area contributed by atoms with Gasteiger partial charge in [0.15, 0.2) is 0 Å². The summed E-state index contributed by atoms with van der Waals surface area (Å²) in [6.45, 7) is 8.88. The summed E-state index contributed by atoms with van der Waals surface area (Å²) in [5.74, 6) is -1.07. The third-order valence-corrected chi connectivity index (χ3v) is 1.49. The van der Waals surface area contributed by atoms with Crippen molar-refractivity contribution in [3.05, 3.63) is 12.7 Å². The van der Waals surface area contributed by atoms with Gasteiger partial charge in [0.25, 0.3) is 0 Å². The normalized spacial score (nSPS) is 12.7. The van der Waals surface area contributed by atoms with Gasteiger partial charge in [0.1, 0.15) is 6.04 Å². The number of carboxylic acid groups (broad SMARTS) is 1. The Bertz CT molecular complexity index is 256. The Labute approximate surface area is 89.6 Å². The van der Waals surface area contributed by atoms with E-state index in [1.54, 1.807) is 0 Å². The Morgan fingerprint density at radius 3 is 2.33 bits per heavy atom. The van der Waals surface area contributed by atoms with Crippen molar-refractivity contribution >= 4 is 12.0 Å². The van der Waals surface area contributed by atoms with Crippen LogP contribution >= 0.6 is 0 Å². The highest BCUT2D eigenvalue weighted by Gasteiger charge is 2.20. The van der Waals surface area contributed by atoms with Crippen LogP contribution in [-0.4, -0.2) is 28.7 Å². The van der Waals surface area contributed by atoms with Gasteiger partial charge in [-0.15, -0.1) is 6.58 Å². The second kappa shape index (κ2) is 5.38. The largest absolute Gasteiger partial charge is 0.480 e. The minimum atomic E-state index is -1.07. The van der Waals surface area contributed by atoms with Crippen LogP contribution in [0.3, 0.4) is 0 Å². The van der Waals surface area contributed by atoms with Gasteiger partial charge in [0.2, 0.25) is 0 Å². The van der Waals surface area contributed by atoms with Gasteiger partial charge in [-0.1, -0.05) is 6.08 Å². The summed E-state index contributed by atoms with van der Waals surface area (Å²) < 4.78 is 0. The molecule has 5 heteroatoms. The van der Waals surface area contributed by atoms with E-state index in [9.17, 15) is 9.59 Å². The first kappa shape index (κ1) is 13.5. The highest BCUT2D eigenvalue weighted by atomic mass is 16.4. The monoisotopic (exact) mass is 214 g/mol. The quantitative estimate of drug-likeness (QED) is 0.613. The zero-order valence-corrected chi connectivity index (χ0v) is 9.33. The molecule has 0 aromatic heterocycles. The van der Waals surface area contributed by atoms with Crippen LogP contribution in [0, 0.1) is 0 Å². The van der Waals surface area contributed by atoms with Crippen LogP contribution in [-0.2, 0) is 4.79 Å². The van der Waals surface area contributed by atoms with E-state index in [-0.39, 0.29) is 12.0 Å². The zero-order chi connectivity index (χ0) is 12.1. The molecule has 0 aliphatic heterocycles. The lowest BCUT2D eigenvalue weighted by molar-refractivity contribution is -0.139. The van der Waals surface area contributed by atoms with E-state index in [0.29, 0.717) is 0 Å². The number of carbonyl (C=O) groups is 2. The van der Waals surface area contributed by atoms with E-state index < -0.39 is 18.0 Å². The van der Waals surface area contributed by atoms with E-state index in [2.05, 4.69) is 17.2 Å². The number of carboxylic acids is 1. The number of hydrogen-bond donors (Lipinski definition) is 3. The van der Waals surface area contributed by atoms with Gasteiger partial charge < -0.3 is 15.7 Å². The number of carbonyl (C=O) groups excluding carboxylic acids is 1. The Morgan fingerprint density at radius 2 is 2.00 bits per heavy atom. The molecule has 1 atom stereocenters. The van der Waals surface area contributed by atoms with E-state index in [1.807, 2.05) is 20.8 Å². The van der Waals surface area contributed by atoms with Crippen molar-refractivity contribution in [2.45, 2.75) is 38.8 Å². The Kier molecular flexibility index (Phi) is 4.84. The first-order valence-electron chi connectivity index (χ1n) is 4.68. The highest BCUT2D eigenvalue weighted by molar-refractivity contribution is 5.82. The fourth-order valence-electron chi connectivity index (χ4n) is 0.923. The zero-order valence-electron chi connectivity index (χ0n) is 9.33. The minimum absolute atomic E-state index is 0.201. The highest BCUT2D eigenvalue weighted by Crippen LogP contribution is 1.99. The van der Waals surface area contributed by atoms with Crippen molar-refractivity contribution in [1.82, 2.24) is 10.6 Å². The van der Waals surface area contributed by atoms with Gasteiger partial charge >= 0.3 is 12.0 Å². The smallest absolute Gasteiger partial charge is 0.326 e. The van der Waals surface area contributed by atoms with Gasteiger partial charge in [-0.25, -0.2) is 9.59 Å². The average molecular weight is 214 g/mol. The van der Waals surface area contributed by atoms with Gasteiger partial charge in [-0.05, 0) is 27.2 Å². The van der Waals surface area contributed by atoms with Crippen molar-refractivity contribution in [1.29, 1.82) is 0 Å². The molecule has 0 rings (SSSR count). The van der Waals surface area contributed by atoms with Crippen LogP contribution in [0.25, 0.3) is 0 Å². The summed E-state index contributed by atoms with van der Waals surface area (Å²) in [5, 5.41) is 13.7. The van der Waals surface area contributed by atoms with Crippen molar-refractivity contribution in [3.8, 4) is 0 Å². The summed E-state index contributed by atoms with van der Waals surface area (Å²) in [6, 6.07) is -1.42. The first-order chi connectivity index (χ1) is 6.76. The molecule has 0 radical (unpaired) electrons. The molecule has 15 heavy (non-hydrogen) atoms. The summed E-state index contributed by atoms with van der Waals surface area (Å²) >= 11 is 0. The number of urea groups is 1. The molecule has 2 amide bonds. The molecule has 0 aromatic rings. The Balaban J connectivity index is 4.23. The van der Waals surface area contributed by atoms with Crippen LogP contribution in [0.4, 0.5) is 4.79 Å². The Morgan fingerprint density at radius 1 is 1.47 bits per heavy atom. The third kappa shape index (κ3) is 6.54. The van der Waals surface area contributed by atoms with E-state index >= 15 is 0 Å². The van der Waals surface area contributed by atoms with E-state index in [1.165, 1.54) is 6.08 Å². The SMILES string of the molecule is C=CCC(NC(=O)NC(C)(C)C)C(=O)O. The lowest BCUT2D eigenvalue weighted by Gasteiger charge is -2.22. The molecule has 0 aliphatic carbocycles. The van der Waals surface area contributed by atoms with Crippen LogP contribution in [0.15, 0.2) is 12.7 Å². The molecule has 0 fully saturated rings. The van der Waals surface area contributed by atoms with E-state index in [4.69, 9.17) is 5.11 Å². The number of rotatable bonds is 4. The molecule has 1 unspecified atom stereocenters. The summed E-state index contributed by atoms with van der Waals surface area (Å²) in [6.07, 6.45) is 1.66. The molecular weight excluding hydrogens is 196 g/mol. The number of amides is 2. The van der Waals surface area contributed by atoms with Crippen LogP contribution in [0.5, 0.6) is 0 Å². The summed E-state index contributed by atoms with van der Waals surface area (Å²) in [4.78, 5) is 22.0. The molecule has 0 aliphatic rings. The third-order valence-electron chi connectivity index (χ3n) is 1.49. The lowest BCUT2D eigenvalue weighted by atomic mass is 10.1. The maximum atomic E-state index is 11.3. The molecule has 0 aromatic carbocycles. The van der Waals surface area contributed by atoms with Gasteiger partial charge in [0, 0.05) is 5.54 Å². The van der Waals surface area contributed by atoms with Gasteiger partial charge in [-0.2, -0.15) is 0 Å². The molecule has 0 spiro atoms. The summed E-state index contributed by atoms with van der Waals surface area (Å²) in [7, 11) is 0. The van der Waals surface area contributed by atoms with Crippen LogP contribution in [0.2, 0.25) is 0 Å². The van der Waals surface area contributed by atoms with E-state index in [0.717, 1.165) is 0 Å². The topological polar surface area (TPSA) is 78.4 Å². The molecule has 0 saturated carbocycles. The number of aliphatic carboxylic acids is 1. The Hall–Kier alpha value is -1.52. The van der Waals surface area contributed by atoms with Gasteiger partial charge in [-0.3, -0.25) is 0 Å². The average Bonchev–Trinajstić information content (AvgIpc) is 1.99. The van der Waals surface area contributed by atoms with Crippen molar-refractivity contribution in [3.63, 3.8) is 0 Å². The standard InChI is InChI=1S/C10H18N2O3/c1-5-6-7(8(13)14)11-9(15)12-10(2,3)4/h5,7H,1,6H2,2-4H3,(H,13,14)(H2,11,12,15). The maximum absolute atomic E-state index is 11.3. The van der Waals surface area contributed by atoms with Crippen molar-refractivity contribution < 1.29 is 14.7 Å². The minimum Gasteiger partial charge on any atom is -0.480 e. The van der Waals surface area contributed by atoms with Crippen LogP contribution in [0.1, 0.15) is 27.2 Å². The molecule has 3 N–H and O–H groups in total. The molecule has 0 heterocycles. The fraction of sp³-hybridized carbons (Fsp3) is 0.600. The molecular formula is C10H18N2O3. The molecule has 0 bridgehead atoms. The second-order valence-electron chi connectivity index (χ2n) is 4.26. The second-order valence-corrected chi connectivity index (χ2v) is 4.26. The predicted molar refractivity (Wildman–Crippen MR) is 57.7 cm³/mol. The van der Waals surface area contributed by atoms with Gasteiger partial charge in [0.05, 0.1) is 0 Å². The maximum Gasteiger partial charge on any atom is 0.326 e. The number of hydrogen-bond acceptors (Lipinski definition) is 2. The molecule has 5 nitrogen and oxygen atoms in total. The number of nitrogens with one attached hydrogen (secondary N) is 2. The van der Waals surface area contributed by atoms with Crippen LogP contribution < -0.4 is 10.6 Å².